The summed E-state index contributed by atoms with van der Waals surface area (Å²) in [5.41, 5.74) is 1.60. The van der Waals surface area contributed by atoms with Crippen molar-refractivity contribution in [3.63, 3.8) is 0 Å². The Bertz CT molecular complexity index is 798. The first-order valence-electron chi connectivity index (χ1n) is 9.52. The van der Waals surface area contributed by atoms with E-state index in [1.54, 1.807) is 31.4 Å². The molecule has 2 N–H and O–H groups in total. The van der Waals surface area contributed by atoms with Crippen molar-refractivity contribution in [1.82, 2.24) is 5.32 Å². The zero-order chi connectivity index (χ0) is 19.9. The molecule has 2 amide bonds. The number of methoxy groups -OCH3 is 1. The molecule has 0 bridgehead atoms. The molecule has 6 heteroatoms. The molecule has 5 nitrogen and oxygen atoms in total. The van der Waals surface area contributed by atoms with Gasteiger partial charge in [-0.25, -0.2) is 4.39 Å². The second-order valence-electron chi connectivity index (χ2n) is 7.11. The number of hydrogen-bond acceptors (Lipinski definition) is 3. The highest BCUT2D eigenvalue weighted by molar-refractivity contribution is 5.92. The Balaban J connectivity index is 1.43. The second kappa shape index (κ2) is 9.35. The van der Waals surface area contributed by atoms with Gasteiger partial charge in [-0.2, -0.15) is 0 Å². The highest BCUT2D eigenvalue weighted by Crippen LogP contribution is 2.30. The van der Waals surface area contributed by atoms with E-state index in [9.17, 15) is 14.0 Å². The van der Waals surface area contributed by atoms with Crippen molar-refractivity contribution in [3.8, 4) is 5.75 Å². The van der Waals surface area contributed by atoms with Gasteiger partial charge >= 0.3 is 0 Å². The van der Waals surface area contributed by atoms with Gasteiger partial charge in [0.2, 0.25) is 11.8 Å². The molecule has 2 aromatic carbocycles. The van der Waals surface area contributed by atoms with Crippen molar-refractivity contribution >= 4 is 17.5 Å². The van der Waals surface area contributed by atoms with E-state index in [4.69, 9.17) is 4.74 Å². The van der Waals surface area contributed by atoms with Crippen molar-refractivity contribution in [2.24, 2.45) is 11.8 Å². The third-order valence-corrected chi connectivity index (χ3v) is 5.21. The zero-order valence-electron chi connectivity index (χ0n) is 15.9. The lowest BCUT2D eigenvalue weighted by Gasteiger charge is -2.27. The van der Waals surface area contributed by atoms with Gasteiger partial charge < -0.3 is 15.4 Å². The molecule has 0 saturated heterocycles. The fourth-order valence-corrected chi connectivity index (χ4v) is 3.47. The SMILES string of the molecule is COc1ccc(NC(=O)C2CCC(C(=O)NCc3ccc(F)cc3)CC2)cc1. The quantitative estimate of drug-likeness (QED) is 0.794. The molecule has 0 spiro atoms. The normalized spacial score (nSPS) is 18.9. The van der Waals surface area contributed by atoms with Gasteiger partial charge in [0, 0.05) is 24.1 Å². The lowest BCUT2D eigenvalue weighted by atomic mass is 9.81. The van der Waals surface area contributed by atoms with Crippen LogP contribution in [0.15, 0.2) is 48.5 Å². The van der Waals surface area contributed by atoms with E-state index < -0.39 is 0 Å². The van der Waals surface area contributed by atoms with Crippen molar-refractivity contribution in [2.45, 2.75) is 32.2 Å². The minimum Gasteiger partial charge on any atom is -0.497 e. The maximum absolute atomic E-state index is 12.9. The Morgan fingerprint density at radius 3 is 2.07 bits per heavy atom. The molecule has 0 unspecified atom stereocenters. The highest BCUT2D eigenvalue weighted by atomic mass is 19.1. The summed E-state index contributed by atoms with van der Waals surface area (Å²) in [6, 6.07) is 13.3. The fourth-order valence-electron chi connectivity index (χ4n) is 3.47. The number of benzene rings is 2. The number of ether oxygens (including phenoxy) is 1. The second-order valence-corrected chi connectivity index (χ2v) is 7.11. The molecule has 2 aromatic rings. The van der Waals surface area contributed by atoms with Crippen LogP contribution < -0.4 is 15.4 Å². The first-order chi connectivity index (χ1) is 13.5. The fraction of sp³-hybridized carbons (Fsp3) is 0.364. The standard InChI is InChI=1S/C22H25FN2O3/c1-28-20-12-10-19(11-13-20)25-22(27)17-6-4-16(5-7-17)21(26)24-14-15-2-8-18(23)9-3-15/h2-3,8-13,16-17H,4-7,14H2,1H3,(H,24,26)(H,25,27). The molecular weight excluding hydrogens is 359 g/mol. The topological polar surface area (TPSA) is 67.4 Å². The molecule has 148 valence electrons. The van der Waals surface area contributed by atoms with E-state index in [-0.39, 0.29) is 29.5 Å². The summed E-state index contributed by atoms with van der Waals surface area (Å²) in [5.74, 6) is 0.286. The van der Waals surface area contributed by atoms with Gasteiger partial charge in [-0.1, -0.05) is 12.1 Å². The Hall–Kier alpha value is -2.89. The zero-order valence-corrected chi connectivity index (χ0v) is 15.9. The molecule has 3 rings (SSSR count). The number of nitrogens with one attached hydrogen (secondary N) is 2. The lowest BCUT2D eigenvalue weighted by molar-refractivity contribution is -0.128. The maximum Gasteiger partial charge on any atom is 0.227 e. The minimum absolute atomic E-state index is 0.00154. The molecule has 0 aliphatic heterocycles. The first kappa shape index (κ1) is 19.9. The monoisotopic (exact) mass is 384 g/mol. The molecular formula is C22H25FN2O3. The van der Waals surface area contributed by atoms with Crippen molar-refractivity contribution in [1.29, 1.82) is 0 Å². The van der Waals surface area contributed by atoms with E-state index in [1.165, 1.54) is 12.1 Å². The molecule has 0 radical (unpaired) electrons. The van der Waals surface area contributed by atoms with Crippen LogP contribution in [0.2, 0.25) is 0 Å². The van der Waals surface area contributed by atoms with Crippen LogP contribution in [0.25, 0.3) is 0 Å². The highest BCUT2D eigenvalue weighted by Gasteiger charge is 2.29. The molecule has 0 heterocycles. The number of carbonyl (C=O) groups excluding carboxylic acids is 2. The van der Waals surface area contributed by atoms with Crippen LogP contribution in [0.1, 0.15) is 31.2 Å². The van der Waals surface area contributed by atoms with Gasteiger partial charge in [0.15, 0.2) is 0 Å². The van der Waals surface area contributed by atoms with Gasteiger partial charge in [0.05, 0.1) is 7.11 Å². The van der Waals surface area contributed by atoms with Gasteiger partial charge in [0.1, 0.15) is 11.6 Å². The van der Waals surface area contributed by atoms with Crippen molar-refractivity contribution in [2.75, 3.05) is 12.4 Å². The van der Waals surface area contributed by atoms with E-state index >= 15 is 0 Å². The smallest absolute Gasteiger partial charge is 0.227 e. The van der Waals surface area contributed by atoms with Crippen molar-refractivity contribution in [3.05, 3.63) is 59.9 Å². The summed E-state index contributed by atoms with van der Waals surface area (Å²) in [4.78, 5) is 24.8. The third-order valence-electron chi connectivity index (χ3n) is 5.21. The Kier molecular flexibility index (Phi) is 6.63. The summed E-state index contributed by atoms with van der Waals surface area (Å²) in [6.45, 7) is 0.386. The number of rotatable bonds is 6. The maximum atomic E-state index is 12.9. The molecule has 0 aromatic heterocycles. The number of halogens is 1. The van der Waals surface area contributed by atoms with E-state index in [2.05, 4.69) is 10.6 Å². The van der Waals surface area contributed by atoms with Crippen LogP contribution in [0.3, 0.4) is 0 Å². The number of carbonyl (C=O) groups is 2. The van der Waals surface area contributed by atoms with E-state index in [0.717, 1.165) is 17.0 Å². The summed E-state index contributed by atoms with van der Waals surface area (Å²) >= 11 is 0. The lowest BCUT2D eigenvalue weighted by Crippen LogP contribution is -2.35. The number of anilines is 1. The molecule has 28 heavy (non-hydrogen) atoms. The molecule has 0 atom stereocenters. The Morgan fingerprint density at radius 1 is 0.929 bits per heavy atom. The third kappa shape index (κ3) is 5.31. The van der Waals surface area contributed by atoms with Crippen LogP contribution >= 0.6 is 0 Å². The predicted molar refractivity (Wildman–Crippen MR) is 105 cm³/mol. The Labute approximate surface area is 164 Å². The molecule has 1 aliphatic carbocycles. The largest absolute Gasteiger partial charge is 0.497 e. The van der Waals surface area contributed by atoms with Crippen LogP contribution in [-0.2, 0) is 16.1 Å². The van der Waals surface area contributed by atoms with Crippen LogP contribution in [0.5, 0.6) is 5.75 Å². The first-order valence-corrected chi connectivity index (χ1v) is 9.52. The van der Waals surface area contributed by atoms with Gasteiger partial charge in [-0.15, -0.1) is 0 Å². The summed E-state index contributed by atoms with van der Waals surface area (Å²) < 4.78 is 18.0. The summed E-state index contributed by atoms with van der Waals surface area (Å²) in [5, 5.41) is 5.84. The summed E-state index contributed by atoms with van der Waals surface area (Å²) in [6.07, 6.45) is 2.76. The van der Waals surface area contributed by atoms with E-state index in [0.29, 0.717) is 32.2 Å². The molecule has 1 fully saturated rings. The van der Waals surface area contributed by atoms with Crippen molar-refractivity contribution < 1.29 is 18.7 Å². The molecule has 1 saturated carbocycles. The molecule has 1 aliphatic rings. The minimum atomic E-state index is -0.290. The van der Waals surface area contributed by atoms with Crippen LogP contribution in [0, 0.1) is 17.7 Å². The Morgan fingerprint density at radius 2 is 1.50 bits per heavy atom. The van der Waals surface area contributed by atoms with Crippen LogP contribution in [-0.4, -0.2) is 18.9 Å². The van der Waals surface area contributed by atoms with Crippen LogP contribution in [0.4, 0.5) is 10.1 Å². The van der Waals surface area contributed by atoms with Gasteiger partial charge in [-0.3, -0.25) is 9.59 Å². The summed E-state index contributed by atoms with van der Waals surface area (Å²) in [7, 11) is 1.60. The number of amides is 2. The number of hydrogen-bond donors (Lipinski definition) is 2. The van der Waals surface area contributed by atoms with Gasteiger partial charge in [0.25, 0.3) is 0 Å². The average molecular weight is 384 g/mol. The van der Waals surface area contributed by atoms with Gasteiger partial charge in [-0.05, 0) is 67.6 Å². The predicted octanol–water partition coefficient (Wildman–Crippen LogP) is 3.90. The van der Waals surface area contributed by atoms with E-state index in [1.807, 2.05) is 12.1 Å². The average Bonchev–Trinajstić information content (AvgIpc) is 2.73.